The van der Waals surface area contributed by atoms with Crippen LogP contribution in [0.5, 0.6) is 11.5 Å². The van der Waals surface area contributed by atoms with Gasteiger partial charge in [0, 0.05) is 50.3 Å². The summed E-state index contributed by atoms with van der Waals surface area (Å²) in [7, 11) is 0. The average molecular weight is 378 g/mol. The lowest BCUT2D eigenvalue weighted by atomic mass is 10.3. The average Bonchev–Trinajstić information content (AvgIpc) is 3.23. The summed E-state index contributed by atoms with van der Waals surface area (Å²) in [6, 6.07) is 7.42. The van der Waals surface area contributed by atoms with Crippen molar-refractivity contribution in [1.29, 1.82) is 0 Å². The Kier molecular flexibility index (Phi) is 4.20. The molecule has 0 amide bonds. The number of hydrogen-bond donors (Lipinski definition) is 1. The second-order valence-corrected chi connectivity index (χ2v) is 6.35. The van der Waals surface area contributed by atoms with Crippen molar-refractivity contribution in [2.75, 3.05) is 48.1 Å². The highest BCUT2D eigenvalue weighted by Gasteiger charge is 2.20. The predicted octanol–water partition coefficient (Wildman–Crippen LogP) is 1.46. The third kappa shape index (κ3) is 3.31. The van der Waals surface area contributed by atoms with E-state index in [1.807, 2.05) is 24.3 Å². The summed E-state index contributed by atoms with van der Waals surface area (Å²) in [4.78, 5) is 17.6. The molecule has 4 heterocycles. The lowest BCUT2D eigenvalue weighted by Gasteiger charge is -2.35. The molecule has 2 aliphatic rings. The van der Waals surface area contributed by atoms with Gasteiger partial charge in [-0.25, -0.2) is 9.97 Å². The Labute approximate surface area is 161 Å². The van der Waals surface area contributed by atoms with Crippen LogP contribution in [0.1, 0.15) is 0 Å². The quantitative estimate of drug-likeness (QED) is 0.718. The van der Waals surface area contributed by atoms with Crippen LogP contribution >= 0.6 is 0 Å². The summed E-state index contributed by atoms with van der Waals surface area (Å²) in [5, 5.41) is 11.3. The fourth-order valence-electron chi connectivity index (χ4n) is 3.19. The van der Waals surface area contributed by atoms with Crippen LogP contribution in [-0.4, -0.2) is 58.1 Å². The summed E-state index contributed by atoms with van der Waals surface area (Å²) in [6.45, 7) is 3.49. The van der Waals surface area contributed by atoms with E-state index in [4.69, 9.17) is 9.47 Å². The van der Waals surface area contributed by atoms with Crippen molar-refractivity contribution in [3.63, 3.8) is 0 Å². The number of fused-ring (bicyclic) bond motifs is 1. The Morgan fingerprint density at radius 1 is 0.929 bits per heavy atom. The largest absolute Gasteiger partial charge is 0.454 e. The minimum Gasteiger partial charge on any atom is -0.454 e. The molecular weight excluding hydrogens is 360 g/mol. The molecule has 2 aromatic heterocycles. The van der Waals surface area contributed by atoms with E-state index < -0.39 is 0 Å². The number of rotatable bonds is 4. The summed E-state index contributed by atoms with van der Waals surface area (Å²) in [6.07, 6.45) is 5.20. The minimum atomic E-state index is 0.242. The van der Waals surface area contributed by atoms with Crippen molar-refractivity contribution in [3.8, 4) is 11.5 Å². The zero-order chi connectivity index (χ0) is 18.8. The first-order valence-corrected chi connectivity index (χ1v) is 8.98. The zero-order valence-electron chi connectivity index (χ0n) is 15.0. The van der Waals surface area contributed by atoms with Crippen molar-refractivity contribution in [2.24, 2.45) is 0 Å². The Morgan fingerprint density at radius 3 is 2.57 bits per heavy atom. The highest BCUT2D eigenvalue weighted by atomic mass is 16.7. The molecule has 5 rings (SSSR count). The molecule has 0 radical (unpaired) electrons. The number of aromatic nitrogens is 5. The standard InChI is InChI=1S/C18H18N8O2/c1-4-19-18(20-5-1)26-8-6-25(7-9-26)16-11-21-24-17(23-16)22-13-2-3-14-15(10-13)28-12-27-14/h1-5,10-11H,6-9,12H2,(H,22,23,24). The van der Waals surface area contributed by atoms with Crippen LogP contribution in [-0.2, 0) is 0 Å². The van der Waals surface area contributed by atoms with Crippen molar-refractivity contribution in [1.82, 2.24) is 25.1 Å². The monoisotopic (exact) mass is 378 g/mol. The summed E-state index contributed by atoms with van der Waals surface area (Å²) >= 11 is 0. The number of piperazine rings is 1. The van der Waals surface area contributed by atoms with Gasteiger partial charge in [-0.05, 0) is 18.2 Å². The van der Waals surface area contributed by atoms with Crippen LogP contribution < -0.4 is 24.6 Å². The third-order valence-electron chi connectivity index (χ3n) is 4.61. The van der Waals surface area contributed by atoms with Crippen LogP contribution in [0.2, 0.25) is 0 Å². The number of nitrogens with one attached hydrogen (secondary N) is 1. The van der Waals surface area contributed by atoms with Gasteiger partial charge in [-0.1, -0.05) is 0 Å². The Balaban J connectivity index is 1.26. The molecule has 0 spiro atoms. The van der Waals surface area contributed by atoms with Crippen LogP contribution in [0.4, 0.5) is 23.4 Å². The fraction of sp³-hybridized carbons (Fsp3) is 0.278. The molecule has 10 nitrogen and oxygen atoms in total. The van der Waals surface area contributed by atoms with Crippen molar-refractivity contribution < 1.29 is 9.47 Å². The van der Waals surface area contributed by atoms with Gasteiger partial charge in [0.2, 0.25) is 18.7 Å². The fourth-order valence-corrected chi connectivity index (χ4v) is 3.19. The lowest BCUT2D eigenvalue weighted by Crippen LogP contribution is -2.47. The highest BCUT2D eigenvalue weighted by Crippen LogP contribution is 2.34. The zero-order valence-corrected chi connectivity index (χ0v) is 15.0. The third-order valence-corrected chi connectivity index (χ3v) is 4.61. The van der Waals surface area contributed by atoms with Gasteiger partial charge in [0.1, 0.15) is 0 Å². The maximum Gasteiger partial charge on any atom is 0.249 e. The molecule has 28 heavy (non-hydrogen) atoms. The number of anilines is 4. The minimum absolute atomic E-state index is 0.242. The number of hydrogen-bond acceptors (Lipinski definition) is 10. The van der Waals surface area contributed by atoms with Gasteiger partial charge in [-0.3, -0.25) is 0 Å². The second-order valence-electron chi connectivity index (χ2n) is 6.35. The van der Waals surface area contributed by atoms with Gasteiger partial charge in [0.05, 0.1) is 6.20 Å². The number of ether oxygens (including phenoxy) is 2. The van der Waals surface area contributed by atoms with E-state index in [9.17, 15) is 0 Å². The molecule has 2 aliphatic heterocycles. The first-order valence-electron chi connectivity index (χ1n) is 8.98. The molecule has 142 valence electrons. The van der Waals surface area contributed by atoms with Crippen molar-refractivity contribution in [2.45, 2.75) is 0 Å². The Hall–Kier alpha value is -3.69. The Morgan fingerprint density at radius 2 is 1.71 bits per heavy atom. The van der Waals surface area contributed by atoms with Crippen LogP contribution in [0.25, 0.3) is 0 Å². The normalized spacial score (nSPS) is 15.6. The SMILES string of the molecule is c1cnc(N2CCN(c3cnnc(Nc4ccc5c(c4)OCO5)n3)CC2)nc1. The van der Waals surface area contributed by atoms with Crippen molar-refractivity contribution in [3.05, 3.63) is 42.9 Å². The van der Waals surface area contributed by atoms with E-state index in [1.165, 1.54) is 0 Å². The first kappa shape index (κ1) is 16.5. The molecule has 3 aromatic rings. The molecular formula is C18H18N8O2. The maximum absolute atomic E-state index is 5.40. The topological polar surface area (TPSA) is 101 Å². The van der Waals surface area contributed by atoms with E-state index >= 15 is 0 Å². The lowest BCUT2D eigenvalue weighted by molar-refractivity contribution is 0.174. The highest BCUT2D eigenvalue weighted by molar-refractivity contribution is 5.60. The first-order chi connectivity index (χ1) is 13.8. The van der Waals surface area contributed by atoms with Crippen LogP contribution in [0.3, 0.4) is 0 Å². The predicted molar refractivity (Wildman–Crippen MR) is 102 cm³/mol. The molecule has 1 fully saturated rings. The molecule has 0 saturated carbocycles. The van der Waals surface area contributed by atoms with Gasteiger partial charge in [0.25, 0.3) is 0 Å². The molecule has 0 aliphatic carbocycles. The van der Waals surface area contributed by atoms with E-state index in [1.54, 1.807) is 18.6 Å². The molecule has 0 unspecified atom stereocenters. The molecule has 10 heteroatoms. The number of nitrogens with zero attached hydrogens (tertiary/aromatic N) is 7. The van der Waals surface area contributed by atoms with Crippen molar-refractivity contribution >= 4 is 23.4 Å². The van der Waals surface area contributed by atoms with Gasteiger partial charge in [-0.2, -0.15) is 10.1 Å². The van der Waals surface area contributed by atoms with E-state index in [0.29, 0.717) is 11.7 Å². The molecule has 1 saturated heterocycles. The van der Waals surface area contributed by atoms with E-state index in [0.717, 1.165) is 49.4 Å². The molecule has 0 bridgehead atoms. The number of benzene rings is 1. The van der Waals surface area contributed by atoms with Gasteiger partial charge >= 0.3 is 0 Å². The molecule has 1 aromatic carbocycles. The van der Waals surface area contributed by atoms with Crippen LogP contribution in [0, 0.1) is 0 Å². The smallest absolute Gasteiger partial charge is 0.249 e. The summed E-state index contributed by atoms with van der Waals surface area (Å²) in [5.41, 5.74) is 0.814. The Bertz CT molecular complexity index is 963. The van der Waals surface area contributed by atoms with Crippen LogP contribution in [0.15, 0.2) is 42.9 Å². The maximum atomic E-state index is 5.40. The van der Waals surface area contributed by atoms with Gasteiger partial charge in [0.15, 0.2) is 17.3 Å². The summed E-state index contributed by atoms with van der Waals surface area (Å²) < 4.78 is 10.7. The van der Waals surface area contributed by atoms with Gasteiger partial charge in [-0.15, -0.1) is 5.10 Å². The summed E-state index contributed by atoms with van der Waals surface area (Å²) in [5.74, 6) is 3.41. The second kappa shape index (κ2) is 7.14. The molecule has 1 N–H and O–H groups in total. The van der Waals surface area contributed by atoms with Gasteiger partial charge < -0.3 is 24.6 Å². The van der Waals surface area contributed by atoms with E-state index in [-0.39, 0.29) is 6.79 Å². The molecule has 0 atom stereocenters. The van der Waals surface area contributed by atoms with E-state index in [2.05, 4.69) is 40.3 Å².